The molecule has 0 N–H and O–H groups in total. The van der Waals surface area contributed by atoms with Crippen molar-refractivity contribution < 1.29 is 19.0 Å². The van der Waals surface area contributed by atoms with Gasteiger partial charge in [0.05, 0.1) is 18.7 Å². The van der Waals surface area contributed by atoms with Crippen LogP contribution in [0, 0.1) is 0 Å². The van der Waals surface area contributed by atoms with Crippen LogP contribution in [-0.2, 0) is 0 Å². The maximum atomic E-state index is 11.3. The molecule has 21 heavy (non-hydrogen) atoms. The smallest absolute Gasteiger partial charge is 0.159 e. The summed E-state index contributed by atoms with van der Waals surface area (Å²) >= 11 is 3.40. The van der Waals surface area contributed by atoms with Crippen molar-refractivity contribution in [3.8, 4) is 23.0 Å². The molecule has 0 aliphatic carbocycles. The lowest BCUT2D eigenvalue weighted by Crippen LogP contribution is -1.94. The zero-order valence-electron chi connectivity index (χ0n) is 12.0. The molecular weight excluding hydrogens is 336 g/mol. The summed E-state index contributed by atoms with van der Waals surface area (Å²) in [4.78, 5) is 11.3. The Morgan fingerprint density at radius 2 is 1.52 bits per heavy atom. The van der Waals surface area contributed by atoms with E-state index in [1.165, 1.54) is 6.92 Å². The zero-order chi connectivity index (χ0) is 15.4. The molecule has 0 radical (unpaired) electrons. The number of halogens is 1. The topological polar surface area (TPSA) is 44.8 Å². The molecule has 4 nitrogen and oxygen atoms in total. The van der Waals surface area contributed by atoms with Gasteiger partial charge in [-0.1, -0.05) is 0 Å². The Balaban J connectivity index is 2.31. The number of ether oxygens (including phenoxy) is 3. The van der Waals surface area contributed by atoms with E-state index in [1.54, 1.807) is 50.6 Å². The molecule has 0 saturated carbocycles. The fourth-order valence-corrected chi connectivity index (χ4v) is 2.23. The van der Waals surface area contributed by atoms with E-state index in [2.05, 4.69) is 15.9 Å². The van der Waals surface area contributed by atoms with Crippen molar-refractivity contribution in [1.82, 2.24) is 0 Å². The molecule has 0 aromatic heterocycles. The first-order chi connectivity index (χ1) is 10.0. The first-order valence-electron chi connectivity index (χ1n) is 6.25. The van der Waals surface area contributed by atoms with E-state index in [0.717, 1.165) is 0 Å². The van der Waals surface area contributed by atoms with Gasteiger partial charge >= 0.3 is 0 Å². The molecule has 0 heterocycles. The van der Waals surface area contributed by atoms with Crippen molar-refractivity contribution >= 4 is 21.7 Å². The van der Waals surface area contributed by atoms with Crippen LogP contribution in [0.2, 0.25) is 0 Å². The average molecular weight is 351 g/mol. The molecule has 2 rings (SSSR count). The molecule has 0 unspecified atom stereocenters. The van der Waals surface area contributed by atoms with Gasteiger partial charge in [-0.15, -0.1) is 0 Å². The zero-order valence-corrected chi connectivity index (χ0v) is 13.6. The molecular formula is C16H15BrO4. The largest absolute Gasteiger partial charge is 0.496 e. The van der Waals surface area contributed by atoms with Gasteiger partial charge < -0.3 is 14.2 Å². The maximum absolute atomic E-state index is 11.3. The molecule has 5 heteroatoms. The third-order valence-corrected chi connectivity index (χ3v) is 3.51. The SMILES string of the molecule is COc1cc(OC)cc(Oc2ccc(C(C)=O)cc2Br)c1. The van der Waals surface area contributed by atoms with Gasteiger partial charge in [0.15, 0.2) is 5.78 Å². The van der Waals surface area contributed by atoms with Crippen molar-refractivity contribution in [2.45, 2.75) is 6.92 Å². The lowest BCUT2D eigenvalue weighted by atomic mass is 10.1. The summed E-state index contributed by atoms with van der Waals surface area (Å²) < 4.78 is 16.9. The summed E-state index contributed by atoms with van der Waals surface area (Å²) in [5, 5.41) is 0. The number of carbonyl (C=O) groups is 1. The number of methoxy groups -OCH3 is 2. The van der Waals surface area contributed by atoms with Gasteiger partial charge in [-0.25, -0.2) is 0 Å². The molecule has 0 atom stereocenters. The Hall–Kier alpha value is -2.01. The third-order valence-electron chi connectivity index (χ3n) is 2.89. The monoisotopic (exact) mass is 350 g/mol. The first kappa shape index (κ1) is 15.4. The number of benzene rings is 2. The Kier molecular flexibility index (Phi) is 4.85. The van der Waals surface area contributed by atoms with Crippen LogP contribution in [0.1, 0.15) is 17.3 Å². The van der Waals surface area contributed by atoms with Crippen molar-refractivity contribution in [3.05, 3.63) is 46.4 Å². The van der Waals surface area contributed by atoms with E-state index >= 15 is 0 Å². The summed E-state index contributed by atoms with van der Waals surface area (Å²) in [5.41, 5.74) is 0.623. The standard InChI is InChI=1S/C16H15BrO4/c1-10(18)11-4-5-16(15(17)6-11)21-14-8-12(19-2)7-13(9-14)20-3/h4-9H,1-3H3. The maximum Gasteiger partial charge on any atom is 0.159 e. The summed E-state index contributed by atoms with van der Waals surface area (Å²) in [6.07, 6.45) is 0. The molecule has 0 spiro atoms. The fourth-order valence-electron chi connectivity index (χ4n) is 1.77. The van der Waals surface area contributed by atoms with Crippen LogP contribution in [0.25, 0.3) is 0 Å². The number of hydrogen-bond acceptors (Lipinski definition) is 4. The summed E-state index contributed by atoms with van der Waals surface area (Å²) in [6, 6.07) is 10.5. The van der Waals surface area contributed by atoms with Crippen LogP contribution in [0.4, 0.5) is 0 Å². The minimum absolute atomic E-state index is 0.00491. The minimum atomic E-state index is 0.00491. The Morgan fingerprint density at radius 3 is 2.00 bits per heavy atom. The van der Waals surface area contributed by atoms with Crippen molar-refractivity contribution in [2.24, 2.45) is 0 Å². The molecule has 2 aromatic rings. The Bertz CT molecular complexity index is 645. The van der Waals surface area contributed by atoms with E-state index in [1.807, 2.05) is 0 Å². The molecule has 0 aliphatic rings. The van der Waals surface area contributed by atoms with E-state index in [0.29, 0.717) is 33.0 Å². The molecule has 2 aromatic carbocycles. The fraction of sp³-hybridized carbons (Fsp3) is 0.188. The van der Waals surface area contributed by atoms with Gasteiger partial charge in [0, 0.05) is 23.8 Å². The highest BCUT2D eigenvalue weighted by molar-refractivity contribution is 9.10. The first-order valence-corrected chi connectivity index (χ1v) is 7.04. The predicted molar refractivity (Wildman–Crippen MR) is 83.8 cm³/mol. The predicted octanol–water partition coefficient (Wildman–Crippen LogP) is 4.46. The van der Waals surface area contributed by atoms with Gasteiger partial charge in [-0.2, -0.15) is 0 Å². The number of hydrogen-bond donors (Lipinski definition) is 0. The summed E-state index contributed by atoms with van der Waals surface area (Å²) in [7, 11) is 3.16. The highest BCUT2D eigenvalue weighted by Crippen LogP contribution is 2.34. The lowest BCUT2D eigenvalue weighted by Gasteiger charge is -2.11. The lowest BCUT2D eigenvalue weighted by molar-refractivity contribution is 0.101. The van der Waals surface area contributed by atoms with Crippen LogP contribution in [0.3, 0.4) is 0 Å². The summed E-state index contributed by atoms with van der Waals surface area (Å²) in [5.74, 6) is 2.48. The number of rotatable bonds is 5. The van der Waals surface area contributed by atoms with Crippen molar-refractivity contribution in [2.75, 3.05) is 14.2 Å². The van der Waals surface area contributed by atoms with Crippen LogP contribution >= 0.6 is 15.9 Å². The highest BCUT2D eigenvalue weighted by atomic mass is 79.9. The third kappa shape index (κ3) is 3.76. The molecule has 110 valence electrons. The number of Topliss-reactive ketones (excluding diaryl/α,β-unsaturated/α-hetero) is 1. The van der Waals surface area contributed by atoms with Crippen LogP contribution in [0.15, 0.2) is 40.9 Å². The van der Waals surface area contributed by atoms with Crippen molar-refractivity contribution in [3.63, 3.8) is 0 Å². The molecule has 0 aliphatic heterocycles. The Labute approximate surface area is 131 Å². The summed E-state index contributed by atoms with van der Waals surface area (Å²) in [6.45, 7) is 1.52. The molecule has 0 bridgehead atoms. The molecule has 0 fully saturated rings. The van der Waals surface area contributed by atoms with Gasteiger partial charge in [0.1, 0.15) is 23.0 Å². The van der Waals surface area contributed by atoms with E-state index in [4.69, 9.17) is 14.2 Å². The van der Waals surface area contributed by atoms with Gasteiger partial charge in [-0.05, 0) is 41.1 Å². The number of carbonyl (C=O) groups excluding carboxylic acids is 1. The van der Waals surface area contributed by atoms with Crippen LogP contribution < -0.4 is 14.2 Å². The van der Waals surface area contributed by atoms with Crippen molar-refractivity contribution in [1.29, 1.82) is 0 Å². The molecule has 0 saturated heterocycles. The van der Waals surface area contributed by atoms with E-state index in [-0.39, 0.29) is 5.78 Å². The van der Waals surface area contributed by atoms with E-state index < -0.39 is 0 Å². The second-order valence-electron chi connectivity index (χ2n) is 4.35. The van der Waals surface area contributed by atoms with Crippen LogP contribution in [0.5, 0.6) is 23.0 Å². The van der Waals surface area contributed by atoms with Crippen LogP contribution in [-0.4, -0.2) is 20.0 Å². The second kappa shape index (κ2) is 6.63. The quantitative estimate of drug-likeness (QED) is 0.746. The Morgan fingerprint density at radius 1 is 0.952 bits per heavy atom. The molecule has 0 amide bonds. The number of ketones is 1. The van der Waals surface area contributed by atoms with Gasteiger partial charge in [0.25, 0.3) is 0 Å². The van der Waals surface area contributed by atoms with Gasteiger partial charge in [-0.3, -0.25) is 4.79 Å². The van der Waals surface area contributed by atoms with E-state index in [9.17, 15) is 4.79 Å². The highest BCUT2D eigenvalue weighted by Gasteiger charge is 2.09. The van der Waals surface area contributed by atoms with Gasteiger partial charge in [0.2, 0.25) is 0 Å². The second-order valence-corrected chi connectivity index (χ2v) is 5.21. The average Bonchev–Trinajstić information content (AvgIpc) is 2.48. The normalized spacial score (nSPS) is 10.1. The minimum Gasteiger partial charge on any atom is -0.496 e.